The predicted molar refractivity (Wildman–Crippen MR) is 52.4 cm³/mol. The highest BCUT2D eigenvalue weighted by molar-refractivity contribution is 9.10. The summed E-state index contributed by atoms with van der Waals surface area (Å²) in [7, 11) is 0. The highest BCUT2D eigenvalue weighted by atomic mass is 79.9. The molecule has 0 spiro atoms. The van der Waals surface area contributed by atoms with Crippen molar-refractivity contribution in [1.29, 1.82) is 0 Å². The summed E-state index contributed by atoms with van der Waals surface area (Å²) in [4.78, 5) is 13.4. The van der Waals surface area contributed by atoms with Crippen LogP contribution in [-0.4, -0.2) is 19.3 Å². The van der Waals surface area contributed by atoms with Gasteiger partial charge in [0, 0.05) is 18.6 Å². The first-order valence-corrected chi connectivity index (χ1v) is 5.05. The van der Waals surface area contributed by atoms with Gasteiger partial charge in [0.15, 0.2) is 0 Å². The predicted octanol–water partition coefficient (Wildman–Crippen LogP) is 2.51. The highest BCUT2D eigenvalue weighted by Gasteiger charge is 2.24. The number of nitrogens with zero attached hydrogens (tertiary/aromatic N) is 1. The van der Waals surface area contributed by atoms with Crippen LogP contribution < -0.4 is 0 Å². The molecule has 0 N–H and O–H groups in total. The second-order valence-corrected chi connectivity index (χ2v) is 3.91. The Morgan fingerprint density at radius 3 is 3.14 bits per heavy atom. The Morgan fingerprint density at radius 2 is 2.50 bits per heavy atom. The smallest absolute Gasteiger partial charge is 0.243 e. The zero-order chi connectivity index (χ0) is 9.97. The molecule has 14 heavy (non-hydrogen) atoms. The third-order valence-corrected chi connectivity index (χ3v) is 2.78. The third-order valence-electron chi connectivity index (χ3n) is 2.16. The summed E-state index contributed by atoms with van der Waals surface area (Å²) in [5.41, 5.74) is 0. The van der Waals surface area contributed by atoms with Crippen molar-refractivity contribution in [2.75, 3.05) is 13.2 Å². The number of hydrogen-bond donors (Lipinski definition) is 0. The van der Waals surface area contributed by atoms with Crippen LogP contribution in [0.1, 0.15) is 18.1 Å². The van der Waals surface area contributed by atoms with Crippen LogP contribution in [0.25, 0.3) is 0 Å². The number of carbonyl (C=O) groups excluding carboxylic acids is 1. The molecule has 5 heteroatoms. The standard InChI is InChI=1S/C9H8BrNO3/c10-7-3-8(11-5-12)14-9(7)6-1-2-13-4-6/h3,6H,1-2,4H2. The van der Waals surface area contributed by atoms with E-state index in [-0.39, 0.29) is 11.8 Å². The fraction of sp³-hybridized carbons (Fsp3) is 0.444. The fourth-order valence-electron chi connectivity index (χ4n) is 1.49. The molecule has 1 aliphatic rings. The monoisotopic (exact) mass is 257 g/mol. The molecule has 74 valence electrons. The first-order chi connectivity index (χ1) is 6.81. The topological polar surface area (TPSA) is 51.8 Å². The molecule has 0 aromatic carbocycles. The van der Waals surface area contributed by atoms with Crippen LogP contribution in [0.15, 0.2) is 19.9 Å². The van der Waals surface area contributed by atoms with Crippen LogP contribution in [0.3, 0.4) is 0 Å². The van der Waals surface area contributed by atoms with Crippen molar-refractivity contribution in [3.8, 4) is 0 Å². The Morgan fingerprint density at radius 1 is 1.64 bits per heavy atom. The average Bonchev–Trinajstić information content (AvgIpc) is 2.74. The second kappa shape index (κ2) is 4.09. The quantitative estimate of drug-likeness (QED) is 0.605. The van der Waals surface area contributed by atoms with Crippen molar-refractivity contribution in [3.05, 3.63) is 16.3 Å². The average molecular weight is 258 g/mol. The summed E-state index contributed by atoms with van der Waals surface area (Å²) < 4.78 is 11.5. The maximum atomic E-state index is 10.0. The number of halogens is 1. The molecule has 1 aliphatic heterocycles. The Labute approximate surface area is 89.1 Å². The normalized spacial score (nSPS) is 20.8. The Hall–Kier alpha value is -0.900. The van der Waals surface area contributed by atoms with E-state index in [1.165, 1.54) is 6.08 Å². The minimum Gasteiger partial charge on any atom is -0.441 e. The summed E-state index contributed by atoms with van der Waals surface area (Å²) in [5.74, 6) is 1.35. The van der Waals surface area contributed by atoms with Crippen LogP contribution in [0.4, 0.5) is 5.88 Å². The van der Waals surface area contributed by atoms with E-state index < -0.39 is 0 Å². The first-order valence-electron chi connectivity index (χ1n) is 4.26. The number of furan rings is 1. The summed E-state index contributed by atoms with van der Waals surface area (Å²) in [6.07, 6.45) is 2.39. The molecule has 1 atom stereocenters. The largest absolute Gasteiger partial charge is 0.441 e. The summed E-state index contributed by atoms with van der Waals surface area (Å²) in [6, 6.07) is 1.67. The van der Waals surface area contributed by atoms with Crippen molar-refractivity contribution in [1.82, 2.24) is 0 Å². The van der Waals surface area contributed by atoms with Gasteiger partial charge < -0.3 is 9.15 Å². The van der Waals surface area contributed by atoms with Crippen LogP contribution in [-0.2, 0) is 9.53 Å². The molecule has 1 aromatic heterocycles. The van der Waals surface area contributed by atoms with Crippen LogP contribution in [0.5, 0.6) is 0 Å². The minimum atomic E-state index is 0.264. The maximum Gasteiger partial charge on any atom is 0.243 e. The van der Waals surface area contributed by atoms with Gasteiger partial charge in [-0.2, -0.15) is 0 Å². The van der Waals surface area contributed by atoms with E-state index in [0.717, 1.165) is 23.3 Å². The van der Waals surface area contributed by atoms with Gasteiger partial charge in [0.1, 0.15) is 5.76 Å². The molecule has 1 unspecified atom stereocenters. The second-order valence-electron chi connectivity index (χ2n) is 3.06. The van der Waals surface area contributed by atoms with E-state index in [1.807, 2.05) is 0 Å². The van der Waals surface area contributed by atoms with Crippen molar-refractivity contribution in [3.63, 3.8) is 0 Å². The Kier molecular flexibility index (Phi) is 2.82. The van der Waals surface area contributed by atoms with Gasteiger partial charge in [0.25, 0.3) is 0 Å². The molecule has 0 radical (unpaired) electrons. The number of hydrogen-bond acceptors (Lipinski definition) is 4. The number of isocyanates is 1. The number of ether oxygens (including phenoxy) is 1. The molecule has 0 bridgehead atoms. The van der Waals surface area contributed by atoms with Gasteiger partial charge in [-0.25, -0.2) is 4.79 Å². The lowest BCUT2D eigenvalue weighted by Crippen LogP contribution is -1.95. The van der Waals surface area contributed by atoms with E-state index in [1.54, 1.807) is 6.07 Å². The summed E-state index contributed by atoms with van der Waals surface area (Å²) >= 11 is 3.36. The zero-order valence-corrected chi connectivity index (χ0v) is 8.91. The SMILES string of the molecule is O=C=Nc1cc(Br)c(C2CCOC2)o1. The van der Waals surface area contributed by atoms with E-state index in [4.69, 9.17) is 9.15 Å². The molecular formula is C9H8BrNO3. The zero-order valence-electron chi connectivity index (χ0n) is 7.33. The van der Waals surface area contributed by atoms with Crippen molar-refractivity contribution in [2.24, 2.45) is 4.99 Å². The lowest BCUT2D eigenvalue weighted by Gasteiger charge is -2.02. The lowest BCUT2D eigenvalue weighted by atomic mass is 10.1. The lowest BCUT2D eigenvalue weighted by molar-refractivity contribution is 0.191. The van der Waals surface area contributed by atoms with E-state index in [0.29, 0.717) is 6.61 Å². The Bertz CT molecular complexity index is 375. The summed E-state index contributed by atoms with van der Waals surface area (Å²) in [6.45, 7) is 1.42. The molecule has 0 aliphatic carbocycles. The van der Waals surface area contributed by atoms with Crippen LogP contribution in [0.2, 0.25) is 0 Å². The van der Waals surface area contributed by atoms with E-state index in [9.17, 15) is 4.79 Å². The fourth-order valence-corrected chi connectivity index (χ4v) is 2.09. The molecule has 4 nitrogen and oxygen atoms in total. The highest BCUT2D eigenvalue weighted by Crippen LogP contribution is 2.36. The van der Waals surface area contributed by atoms with Crippen molar-refractivity contribution >= 4 is 27.9 Å². The van der Waals surface area contributed by atoms with Gasteiger partial charge in [-0.05, 0) is 22.4 Å². The number of rotatable bonds is 2. The number of aliphatic imine (C=N–C) groups is 1. The van der Waals surface area contributed by atoms with Gasteiger partial charge in [-0.3, -0.25) is 0 Å². The van der Waals surface area contributed by atoms with Gasteiger partial charge in [-0.15, -0.1) is 4.99 Å². The molecule has 2 rings (SSSR count). The molecular weight excluding hydrogens is 250 g/mol. The molecule has 2 heterocycles. The molecule has 0 saturated carbocycles. The maximum absolute atomic E-state index is 10.0. The molecule has 1 fully saturated rings. The van der Waals surface area contributed by atoms with Gasteiger partial charge in [-0.1, -0.05) is 0 Å². The molecule has 0 amide bonds. The van der Waals surface area contributed by atoms with Crippen molar-refractivity contribution < 1.29 is 13.9 Å². The van der Waals surface area contributed by atoms with Gasteiger partial charge >= 0.3 is 0 Å². The minimum absolute atomic E-state index is 0.264. The molecule has 1 saturated heterocycles. The summed E-state index contributed by atoms with van der Waals surface area (Å²) in [5, 5.41) is 0. The molecule has 1 aromatic rings. The van der Waals surface area contributed by atoms with Crippen molar-refractivity contribution in [2.45, 2.75) is 12.3 Å². The van der Waals surface area contributed by atoms with E-state index in [2.05, 4.69) is 20.9 Å². The first kappa shape index (κ1) is 9.65. The van der Waals surface area contributed by atoms with Crippen LogP contribution >= 0.6 is 15.9 Å². The van der Waals surface area contributed by atoms with E-state index >= 15 is 0 Å². The third kappa shape index (κ3) is 1.80. The van der Waals surface area contributed by atoms with Gasteiger partial charge in [0.05, 0.1) is 11.1 Å². The Balaban J connectivity index is 2.28. The van der Waals surface area contributed by atoms with Gasteiger partial charge in [0.2, 0.25) is 12.0 Å². The van der Waals surface area contributed by atoms with Crippen LogP contribution in [0, 0.1) is 0 Å².